The Morgan fingerprint density at radius 3 is 2.55 bits per heavy atom. The molecule has 0 radical (unpaired) electrons. The predicted molar refractivity (Wildman–Crippen MR) is 82.4 cm³/mol. The number of hydrogen-bond acceptors (Lipinski definition) is 5. The molecule has 122 valence electrons. The van der Waals surface area contributed by atoms with Crippen molar-refractivity contribution in [1.82, 2.24) is 0 Å². The molecule has 2 rings (SSSR count). The zero-order chi connectivity index (χ0) is 16.5. The zero-order valence-corrected chi connectivity index (χ0v) is 13.4. The van der Waals surface area contributed by atoms with Crippen LogP contribution in [-0.2, 0) is 9.84 Å². The van der Waals surface area contributed by atoms with Crippen molar-refractivity contribution >= 4 is 21.2 Å². The van der Waals surface area contributed by atoms with Gasteiger partial charge < -0.3 is 4.90 Å². The van der Waals surface area contributed by atoms with Crippen molar-refractivity contribution in [2.75, 3.05) is 23.7 Å². The first-order valence-corrected chi connectivity index (χ1v) is 8.83. The average Bonchev–Trinajstić information content (AvgIpc) is 2.47. The fourth-order valence-electron chi connectivity index (χ4n) is 3.00. The first-order valence-electron chi connectivity index (χ1n) is 7.17. The van der Waals surface area contributed by atoms with Crippen LogP contribution < -0.4 is 4.90 Å². The van der Waals surface area contributed by atoms with Crippen molar-refractivity contribution in [3.05, 3.63) is 34.1 Å². The van der Waals surface area contributed by atoms with Gasteiger partial charge in [0.25, 0.3) is 5.69 Å². The minimum Gasteiger partial charge on any atom is -0.363 e. The molecule has 0 aliphatic carbocycles. The lowest BCUT2D eigenvalue weighted by Gasteiger charge is -2.42. The molecule has 6 nitrogen and oxygen atoms in total. The van der Waals surface area contributed by atoms with E-state index in [9.17, 15) is 22.9 Å². The van der Waals surface area contributed by atoms with Crippen molar-refractivity contribution < 1.29 is 17.7 Å². The van der Waals surface area contributed by atoms with Crippen molar-refractivity contribution in [3.63, 3.8) is 0 Å². The molecular formula is C14H19FN2O4S. The summed E-state index contributed by atoms with van der Waals surface area (Å²) in [5, 5.41) is 11.1. The molecule has 0 bridgehead atoms. The Kier molecular flexibility index (Phi) is 4.42. The molecule has 0 saturated carbocycles. The van der Waals surface area contributed by atoms with Crippen LogP contribution in [0.5, 0.6) is 0 Å². The van der Waals surface area contributed by atoms with Crippen LogP contribution in [-0.4, -0.2) is 36.9 Å². The van der Waals surface area contributed by atoms with Gasteiger partial charge in [-0.05, 0) is 25.0 Å². The minimum absolute atomic E-state index is 0.0524. The second-order valence-electron chi connectivity index (χ2n) is 5.52. The van der Waals surface area contributed by atoms with E-state index in [1.54, 1.807) is 4.90 Å². The van der Waals surface area contributed by atoms with E-state index in [-0.39, 0.29) is 30.2 Å². The first-order chi connectivity index (χ1) is 10.3. The lowest BCUT2D eigenvalue weighted by Crippen LogP contribution is -2.56. The molecule has 1 aliphatic heterocycles. The van der Waals surface area contributed by atoms with Crippen LogP contribution in [0.1, 0.15) is 26.7 Å². The molecule has 8 heteroatoms. The summed E-state index contributed by atoms with van der Waals surface area (Å²) in [5.41, 5.74) is -0.0621. The fraction of sp³-hybridized carbons (Fsp3) is 0.571. The van der Waals surface area contributed by atoms with Crippen molar-refractivity contribution in [2.45, 2.75) is 31.4 Å². The van der Waals surface area contributed by atoms with E-state index >= 15 is 0 Å². The number of sulfone groups is 1. The van der Waals surface area contributed by atoms with Gasteiger partial charge in [-0.1, -0.05) is 13.8 Å². The highest BCUT2D eigenvalue weighted by Crippen LogP contribution is 2.37. The third-order valence-corrected chi connectivity index (χ3v) is 7.28. The number of anilines is 1. The number of halogens is 1. The molecule has 1 aromatic carbocycles. The molecule has 1 fully saturated rings. The van der Waals surface area contributed by atoms with E-state index in [0.29, 0.717) is 12.8 Å². The second kappa shape index (κ2) is 5.83. The van der Waals surface area contributed by atoms with E-state index in [2.05, 4.69) is 0 Å². The summed E-state index contributed by atoms with van der Waals surface area (Å²) in [7, 11) is -3.25. The van der Waals surface area contributed by atoms with Crippen LogP contribution >= 0.6 is 0 Å². The number of nitrogens with zero attached hydrogens (tertiary/aromatic N) is 2. The van der Waals surface area contributed by atoms with Crippen LogP contribution in [0.15, 0.2) is 18.2 Å². The molecule has 1 saturated heterocycles. The predicted octanol–water partition coefficient (Wildman–Crippen LogP) is 2.53. The van der Waals surface area contributed by atoms with Crippen molar-refractivity contribution in [1.29, 1.82) is 0 Å². The Hall–Kier alpha value is -1.70. The highest BCUT2D eigenvalue weighted by Gasteiger charge is 2.46. The molecule has 1 aromatic rings. The Balaban J connectivity index is 2.46. The topological polar surface area (TPSA) is 80.5 Å². The molecule has 1 heterocycles. The number of rotatable bonds is 4. The largest absolute Gasteiger partial charge is 0.363 e. The summed E-state index contributed by atoms with van der Waals surface area (Å²) in [6, 6.07) is 3.38. The maximum absolute atomic E-state index is 13.3. The van der Waals surface area contributed by atoms with Crippen LogP contribution in [0, 0.1) is 15.9 Å². The quantitative estimate of drug-likeness (QED) is 0.626. The van der Waals surface area contributed by atoms with E-state index in [1.807, 2.05) is 13.8 Å². The second-order valence-corrected chi connectivity index (χ2v) is 8.02. The smallest absolute Gasteiger partial charge is 0.295 e. The van der Waals surface area contributed by atoms with E-state index < -0.39 is 25.3 Å². The average molecular weight is 330 g/mol. The SMILES string of the molecule is CCC1(CC)CN(c2ccc(F)cc2[N+](=O)[O-])CCS1(=O)=O. The zero-order valence-electron chi connectivity index (χ0n) is 12.6. The van der Waals surface area contributed by atoms with Gasteiger partial charge in [0, 0.05) is 13.1 Å². The van der Waals surface area contributed by atoms with Gasteiger partial charge in [-0.15, -0.1) is 0 Å². The molecular weight excluding hydrogens is 311 g/mol. The Labute approximate surface area is 129 Å². The van der Waals surface area contributed by atoms with Gasteiger partial charge in [-0.2, -0.15) is 0 Å². The lowest BCUT2D eigenvalue weighted by atomic mass is 10.0. The summed E-state index contributed by atoms with van der Waals surface area (Å²) < 4.78 is 37.1. The first kappa shape index (κ1) is 16.7. The van der Waals surface area contributed by atoms with Gasteiger partial charge in [0.15, 0.2) is 9.84 Å². The van der Waals surface area contributed by atoms with Crippen molar-refractivity contribution in [2.24, 2.45) is 0 Å². The molecule has 0 amide bonds. The molecule has 0 spiro atoms. The van der Waals surface area contributed by atoms with Crippen LogP contribution in [0.3, 0.4) is 0 Å². The third kappa shape index (κ3) is 2.67. The van der Waals surface area contributed by atoms with Crippen LogP contribution in [0.25, 0.3) is 0 Å². The highest BCUT2D eigenvalue weighted by molar-refractivity contribution is 7.92. The molecule has 0 aromatic heterocycles. The van der Waals surface area contributed by atoms with Gasteiger partial charge >= 0.3 is 0 Å². The minimum atomic E-state index is -3.25. The molecule has 22 heavy (non-hydrogen) atoms. The Bertz CT molecular complexity index is 686. The van der Waals surface area contributed by atoms with Gasteiger partial charge in [0.05, 0.1) is 21.5 Å². The van der Waals surface area contributed by atoms with Crippen molar-refractivity contribution in [3.8, 4) is 0 Å². The maximum Gasteiger partial charge on any atom is 0.295 e. The fourth-order valence-corrected chi connectivity index (χ4v) is 5.13. The summed E-state index contributed by atoms with van der Waals surface area (Å²) in [6.07, 6.45) is 0.884. The number of hydrogen-bond donors (Lipinski definition) is 0. The van der Waals surface area contributed by atoms with E-state index in [0.717, 1.165) is 12.1 Å². The summed E-state index contributed by atoms with van der Waals surface area (Å²) in [4.78, 5) is 12.2. The molecule has 0 N–H and O–H groups in total. The van der Waals surface area contributed by atoms with Gasteiger partial charge in [-0.3, -0.25) is 10.1 Å². The molecule has 0 unspecified atom stereocenters. The highest BCUT2D eigenvalue weighted by atomic mass is 32.2. The van der Waals surface area contributed by atoms with Gasteiger partial charge in [0.2, 0.25) is 0 Å². The summed E-state index contributed by atoms with van der Waals surface area (Å²) in [5.74, 6) is -0.735. The number of benzene rings is 1. The monoisotopic (exact) mass is 330 g/mol. The van der Waals surface area contributed by atoms with Crippen LogP contribution in [0.2, 0.25) is 0 Å². The standard InChI is InChI=1S/C14H19FN2O4S/c1-3-14(4-2)10-16(7-8-22(14,20)21)12-6-5-11(15)9-13(12)17(18)19/h5-6,9H,3-4,7-8,10H2,1-2H3. The number of nitro benzene ring substituents is 1. The van der Waals surface area contributed by atoms with Crippen LogP contribution in [0.4, 0.5) is 15.8 Å². The molecule has 1 aliphatic rings. The Morgan fingerprint density at radius 1 is 1.36 bits per heavy atom. The van der Waals surface area contributed by atoms with Gasteiger partial charge in [-0.25, -0.2) is 12.8 Å². The number of nitro groups is 1. The van der Waals surface area contributed by atoms with E-state index in [1.165, 1.54) is 6.07 Å². The lowest BCUT2D eigenvalue weighted by molar-refractivity contribution is -0.384. The maximum atomic E-state index is 13.3. The molecule has 0 atom stereocenters. The van der Waals surface area contributed by atoms with E-state index in [4.69, 9.17) is 0 Å². The summed E-state index contributed by atoms with van der Waals surface area (Å²) in [6.45, 7) is 3.98. The Morgan fingerprint density at radius 2 is 2.00 bits per heavy atom. The third-order valence-electron chi connectivity index (χ3n) is 4.53. The van der Waals surface area contributed by atoms with Gasteiger partial charge in [0.1, 0.15) is 11.5 Å². The normalized spacial score (nSPS) is 19.9. The summed E-state index contributed by atoms with van der Waals surface area (Å²) >= 11 is 0.